The van der Waals surface area contributed by atoms with Gasteiger partial charge in [0.05, 0.1) is 0 Å². The lowest BCUT2D eigenvalue weighted by molar-refractivity contribution is -0.131. The third-order valence-electron chi connectivity index (χ3n) is 4.74. The number of rotatable bonds is 6. The topological polar surface area (TPSA) is 46.5 Å². The van der Waals surface area contributed by atoms with Crippen molar-refractivity contribution in [3.63, 3.8) is 0 Å². The molecule has 0 heterocycles. The Morgan fingerprint density at radius 3 is 2.21 bits per heavy atom. The van der Waals surface area contributed by atoms with Gasteiger partial charge in [-0.2, -0.15) is 0 Å². The van der Waals surface area contributed by atoms with Crippen molar-refractivity contribution in [2.75, 3.05) is 0 Å². The van der Waals surface area contributed by atoms with E-state index in [1.54, 1.807) is 6.08 Å². The fourth-order valence-electron chi connectivity index (χ4n) is 3.05. The molecule has 0 aliphatic heterocycles. The van der Waals surface area contributed by atoms with Crippen LogP contribution in [0.4, 0.5) is 0 Å². The Morgan fingerprint density at radius 1 is 0.931 bits per heavy atom. The van der Waals surface area contributed by atoms with Gasteiger partial charge in [-0.15, -0.1) is 0 Å². The molecule has 1 N–H and O–H groups in total. The molecule has 0 atom stereocenters. The Balaban J connectivity index is 1.89. The van der Waals surface area contributed by atoms with Gasteiger partial charge in [0.2, 0.25) is 0 Å². The maximum atomic E-state index is 11.0. The molecule has 0 saturated carbocycles. The van der Waals surface area contributed by atoms with Crippen molar-refractivity contribution in [3.8, 4) is 16.9 Å². The summed E-state index contributed by atoms with van der Waals surface area (Å²) in [5.41, 5.74) is 5.27. The predicted molar refractivity (Wildman–Crippen MR) is 118 cm³/mol. The van der Waals surface area contributed by atoms with Crippen LogP contribution in [-0.4, -0.2) is 11.1 Å². The van der Waals surface area contributed by atoms with E-state index < -0.39 is 5.97 Å². The van der Waals surface area contributed by atoms with Gasteiger partial charge in [-0.3, -0.25) is 0 Å². The van der Waals surface area contributed by atoms with Crippen LogP contribution in [0.2, 0.25) is 0 Å². The van der Waals surface area contributed by atoms with Crippen molar-refractivity contribution in [2.45, 2.75) is 32.8 Å². The van der Waals surface area contributed by atoms with Crippen molar-refractivity contribution in [1.29, 1.82) is 0 Å². The molecular weight excluding hydrogens is 360 g/mol. The molecule has 0 amide bonds. The molecule has 0 aromatic heterocycles. The number of carboxylic acid groups (broad SMARTS) is 1. The van der Waals surface area contributed by atoms with E-state index in [2.05, 4.69) is 45.0 Å². The number of ether oxygens (including phenoxy) is 1. The number of benzene rings is 3. The Morgan fingerprint density at radius 2 is 1.59 bits per heavy atom. The monoisotopic (exact) mass is 386 g/mol. The fourth-order valence-corrected chi connectivity index (χ4v) is 3.05. The number of hydrogen-bond acceptors (Lipinski definition) is 2. The molecule has 0 spiro atoms. The van der Waals surface area contributed by atoms with Gasteiger partial charge in [-0.1, -0.05) is 81.4 Å². The first-order valence-electron chi connectivity index (χ1n) is 9.65. The Bertz CT molecular complexity index is 994. The van der Waals surface area contributed by atoms with Crippen LogP contribution < -0.4 is 4.74 Å². The minimum atomic E-state index is -0.987. The summed E-state index contributed by atoms with van der Waals surface area (Å²) in [7, 11) is 0. The molecule has 0 radical (unpaired) electrons. The Kier molecular flexibility index (Phi) is 6.18. The van der Waals surface area contributed by atoms with Crippen molar-refractivity contribution in [3.05, 3.63) is 95.6 Å². The van der Waals surface area contributed by atoms with Crippen LogP contribution in [0.5, 0.6) is 5.75 Å². The summed E-state index contributed by atoms with van der Waals surface area (Å²) >= 11 is 0. The van der Waals surface area contributed by atoms with Gasteiger partial charge in [0.25, 0.3) is 0 Å². The van der Waals surface area contributed by atoms with E-state index >= 15 is 0 Å². The lowest BCUT2D eigenvalue weighted by Gasteiger charge is -2.19. The molecule has 3 aromatic rings. The molecule has 29 heavy (non-hydrogen) atoms. The van der Waals surface area contributed by atoms with Gasteiger partial charge < -0.3 is 9.84 Å². The van der Waals surface area contributed by atoms with Crippen LogP contribution in [0.1, 0.15) is 37.5 Å². The van der Waals surface area contributed by atoms with Gasteiger partial charge in [0.1, 0.15) is 12.4 Å². The maximum Gasteiger partial charge on any atom is 0.328 e. The summed E-state index contributed by atoms with van der Waals surface area (Å²) in [6.07, 6.45) is 2.72. The van der Waals surface area contributed by atoms with Crippen molar-refractivity contribution >= 4 is 12.0 Å². The zero-order valence-corrected chi connectivity index (χ0v) is 17.1. The molecule has 0 saturated heterocycles. The van der Waals surface area contributed by atoms with E-state index in [0.717, 1.165) is 28.3 Å². The molecule has 3 rings (SSSR count). The summed E-state index contributed by atoms with van der Waals surface area (Å²) in [4.78, 5) is 11.0. The summed E-state index contributed by atoms with van der Waals surface area (Å²) in [5.74, 6) is -0.333. The molecular formula is C26H26O3. The Labute approximate surface area is 172 Å². The Hall–Kier alpha value is -3.33. The third kappa shape index (κ3) is 5.58. The van der Waals surface area contributed by atoms with Crippen molar-refractivity contribution < 1.29 is 14.6 Å². The third-order valence-corrected chi connectivity index (χ3v) is 4.74. The minimum absolute atomic E-state index is 0.100. The van der Waals surface area contributed by atoms with Crippen LogP contribution in [0.3, 0.4) is 0 Å². The summed E-state index contributed by atoms with van der Waals surface area (Å²) in [5, 5.41) is 9.04. The average molecular weight is 386 g/mol. The lowest BCUT2D eigenvalue weighted by atomic mass is 9.86. The molecule has 0 bridgehead atoms. The molecule has 0 aliphatic carbocycles. The van der Waals surface area contributed by atoms with Gasteiger partial charge in [0.15, 0.2) is 0 Å². The zero-order valence-electron chi connectivity index (χ0n) is 17.1. The number of hydrogen-bond donors (Lipinski definition) is 1. The van der Waals surface area contributed by atoms with Crippen LogP contribution in [0, 0.1) is 0 Å². The highest BCUT2D eigenvalue weighted by Gasteiger charge is 2.13. The van der Waals surface area contributed by atoms with Gasteiger partial charge in [0, 0.05) is 11.6 Å². The largest absolute Gasteiger partial charge is 0.488 e. The van der Waals surface area contributed by atoms with E-state index in [0.29, 0.717) is 12.4 Å². The molecule has 0 aliphatic rings. The molecule has 3 nitrogen and oxygen atoms in total. The fraction of sp³-hybridized carbons (Fsp3) is 0.192. The van der Waals surface area contributed by atoms with Crippen molar-refractivity contribution in [1.82, 2.24) is 0 Å². The molecule has 3 aromatic carbocycles. The number of carboxylic acids is 1. The molecule has 0 fully saturated rings. The lowest BCUT2D eigenvalue weighted by Crippen LogP contribution is -2.10. The molecule has 0 unspecified atom stereocenters. The van der Waals surface area contributed by atoms with Crippen LogP contribution in [-0.2, 0) is 16.8 Å². The number of carbonyl (C=O) groups is 1. The first-order chi connectivity index (χ1) is 13.8. The normalized spacial score (nSPS) is 11.6. The van der Waals surface area contributed by atoms with E-state index in [9.17, 15) is 4.79 Å². The first kappa shape index (κ1) is 20.4. The highest BCUT2D eigenvalue weighted by atomic mass is 16.5. The SMILES string of the molecule is CC(C)(C)c1ccc(-c2ccc(OCc3ccccc3)c(/C=C/C(=O)O)c2)cc1. The van der Waals surface area contributed by atoms with Gasteiger partial charge in [-0.05, 0) is 45.9 Å². The van der Waals surface area contributed by atoms with E-state index in [4.69, 9.17) is 9.84 Å². The van der Waals surface area contributed by atoms with E-state index in [1.165, 1.54) is 5.56 Å². The first-order valence-corrected chi connectivity index (χ1v) is 9.65. The average Bonchev–Trinajstić information content (AvgIpc) is 2.71. The maximum absolute atomic E-state index is 11.0. The smallest absolute Gasteiger partial charge is 0.328 e. The van der Waals surface area contributed by atoms with Crippen LogP contribution >= 0.6 is 0 Å². The minimum Gasteiger partial charge on any atom is -0.488 e. The standard InChI is InChI=1S/C26H26O3/c1-26(2,3)23-13-9-20(10-14-23)21-11-15-24(22(17-21)12-16-25(27)28)29-18-19-7-5-4-6-8-19/h4-17H,18H2,1-3H3,(H,27,28)/b16-12+. The highest BCUT2D eigenvalue weighted by molar-refractivity contribution is 5.86. The van der Waals surface area contributed by atoms with Crippen LogP contribution in [0.15, 0.2) is 78.9 Å². The van der Waals surface area contributed by atoms with E-state index in [1.807, 2.05) is 48.5 Å². The summed E-state index contributed by atoms with van der Waals surface area (Å²) < 4.78 is 5.97. The van der Waals surface area contributed by atoms with Gasteiger partial charge >= 0.3 is 5.97 Å². The summed E-state index contributed by atoms with van der Waals surface area (Å²) in [6.45, 7) is 7.00. The van der Waals surface area contributed by atoms with Gasteiger partial charge in [-0.25, -0.2) is 4.79 Å². The second-order valence-corrected chi connectivity index (χ2v) is 8.03. The van der Waals surface area contributed by atoms with E-state index in [-0.39, 0.29) is 5.41 Å². The molecule has 3 heteroatoms. The second kappa shape index (κ2) is 8.78. The highest BCUT2D eigenvalue weighted by Crippen LogP contribution is 2.30. The number of aliphatic carboxylic acids is 1. The summed E-state index contributed by atoms with van der Waals surface area (Å²) in [6, 6.07) is 24.2. The van der Waals surface area contributed by atoms with Crippen molar-refractivity contribution in [2.24, 2.45) is 0 Å². The van der Waals surface area contributed by atoms with Crippen LogP contribution in [0.25, 0.3) is 17.2 Å². The molecule has 148 valence electrons. The second-order valence-electron chi connectivity index (χ2n) is 8.03. The zero-order chi connectivity index (χ0) is 20.9. The predicted octanol–water partition coefficient (Wildman–Crippen LogP) is 6.33. The quantitative estimate of drug-likeness (QED) is 0.504.